The highest BCUT2D eigenvalue weighted by molar-refractivity contribution is 6.46. The van der Waals surface area contributed by atoms with Crippen LogP contribution in [0, 0.1) is 0 Å². The minimum Gasteiger partial charge on any atom is -0.449 e. The van der Waals surface area contributed by atoms with Gasteiger partial charge in [0.15, 0.2) is 0 Å². The van der Waals surface area contributed by atoms with Gasteiger partial charge in [0.25, 0.3) is 0 Å². The van der Waals surface area contributed by atoms with Crippen LogP contribution in [0.2, 0.25) is 0 Å². The molecule has 121 valence electrons. The van der Waals surface area contributed by atoms with Crippen molar-refractivity contribution in [1.82, 2.24) is 9.55 Å². The molecule has 0 spiro atoms. The van der Waals surface area contributed by atoms with Gasteiger partial charge in [0.05, 0.1) is 5.52 Å². The number of fused-ring (bicyclic) bond motifs is 1. The molecule has 5 nitrogen and oxygen atoms in total. The predicted molar refractivity (Wildman–Crippen MR) is 94.4 cm³/mol. The van der Waals surface area contributed by atoms with Gasteiger partial charge >= 0.3 is 13.6 Å². The van der Waals surface area contributed by atoms with Crippen LogP contribution in [0.3, 0.4) is 0 Å². The van der Waals surface area contributed by atoms with Crippen LogP contribution in [0.25, 0.3) is 22.0 Å². The quantitative estimate of drug-likeness (QED) is 0.737. The molecule has 0 fully saturated rings. The van der Waals surface area contributed by atoms with E-state index in [1.807, 2.05) is 30.3 Å². The Morgan fingerprint density at radius 3 is 2.67 bits per heavy atom. The molecule has 0 aliphatic carbocycles. The van der Waals surface area contributed by atoms with E-state index >= 15 is 0 Å². The van der Waals surface area contributed by atoms with Crippen LogP contribution in [0.5, 0.6) is 0 Å². The monoisotopic (exact) mass is 321 g/mol. The molecule has 0 aliphatic heterocycles. The van der Waals surface area contributed by atoms with Crippen molar-refractivity contribution in [1.29, 1.82) is 0 Å². The van der Waals surface area contributed by atoms with Gasteiger partial charge in [0.2, 0.25) is 0 Å². The Hall–Kier alpha value is -2.60. The number of aromatic nitrogens is 2. The number of rotatable bonds is 2. The highest BCUT2D eigenvalue weighted by atomic mass is 16.6. The smallest absolute Gasteiger partial charge is 0.418 e. The van der Waals surface area contributed by atoms with Gasteiger partial charge in [0.1, 0.15) is 5.60 Å². The van der Waals surface area contributed by atoms with Gasteiger partial charge in [-0.25, -0.2) is 4.79 Å². The Morgan fingerprint density at radius 2 is 2.04 bits per heavy atom. The van der Waals surface area contributed by atoms with Gasteiger partial charge in [-0.05, 0) is 44.5 Å². The molecule has 1 N–H and O–H groups in total. The molecular formula is C18H18BN2O3. The zero-order valence-corrected chi connectivity index (χ0v) is 13.9. The third-order valence-corrected chi connectivity index (χ3v) is 3.56. The predicted octanol–water partition coefficient (Wildman–Crippen LogP) is 2.72. The molecule has 1 radical (unpaired) electrons. The van der Waals surface area contributed by atoms with Crippen molar-refractivity contribution in [2.45, 2.75) is 26.4 Å². The van der Waals surface area contributed by atoms with E-state index in [0.29, 0.717) is 11.1 Å². The molecule has 0 saturated carbocycles. The van der Waals surface area contributed by atoms with Crippen LogP contribution in [0.15, 0.2) is 48.8 Å². The van der Waals surface area contributed by atoms with E-state index < -0.39 is 11.7 Å². The fourth-order valence-corrected chi connectivity index (χ4v) is 2.63. The van der Waals surface area contributed by atoms with Crippen LogP contribution in [0.4, 0.5) is 4.79 Å². The zero-order chi connectivity index (χ0) is 17.3. The molecule has 3 rings (SSSR count). The summed E-state index contributed by atoms with van der Waals surface area (Å²) in [7, 11) is 0.914. The average molecular weight is 321 g/mol. The van der Waals surface area contributed by atoms with Crippen molar-refractivity contribution in [3.8, 4) is 11.1 Å². The molecule has 0 unspecified atom stereocenters. The lowest BCUT2D eigenvalue weighted by Gasteiger charge is -2.20. The van der Waals surface area contributed by atoms with Crippen molar-refractivity contribution in [3.63, 3.8) is 0 Å². The first-order valence-corrected chi connectivity index (χ1v) is 7.66. The van der Waals surface area contributed by atoms with E-state index in [1.54, 1.807) is 39.2 Å². The maximum absolute atomic E-state index is 12.6. The second-order valence-corrected chi connectivity index (χ2v) is 6.49. The fourth-order valence-electron chi connectivity index (χ4n) is 2.63. The number of pyridine rings is 1. The number of benzene rings is 1. The van der Waals surface area contributed by atoms with E-state index in [-0.39, 0.29) is 0 Å². The number of ether oxygens (including phenoxy) is 1. The average Bonchev–Trinajstić information content (AvgIpc) is 2.92. The molecule has 1 aromatic carbocycles. The van der Waals surface area contributed by atoms with Crippen LogP contribution in [0.1, 0.15) is 20.8 Å². The van der Waals surface area contributed by atoms with Crippen LogP contribution in [-0.4, -0.2) is 33.8 Å². The first-order chi connectivity index (χ1) is 11.4. The minimum absolute atomic E-state index is 0.371. The Kier molecular flexibility index (Phi) is 4.16. The van der Waals surface area contributed by atoms with Gasteiger partial charge in [-0.3, -0.25) is 9.55 Å². The summed E-state index contributed by atoms with van der Waals surface area (Å²) in [6.07, 6.45) is 2.95. The summed E-state index contributed by atoms with van der Waals surface area (Å²) in [6, 6.07) is 11.2. The Balaban J connectivity index is 2.19. The number of carbonyl (C=O) groups excluding carboxylic acids is 1. The highest BCUT2D eigenvalue weighted by Gasteiger charge is 2.23. The molecule has 3 aromatic rings. The van der Waals surface area contributed by atoms with E-state index in [1.165, 1.54) is 4.57 Å². The summed E-state index contributed by atoms with van der Waals surface area (Å²) in [5.74, 6) is 0. The molecule has 2 aromatic heterocycles. The summed E-state index contributed by atoms with van der Waals surface area (Å²) in [5, 5.41) is 10.4. The van der Waals surface area contributed by atoms with E-state index in [0.717, 1.165) is 24.0 Å². The van der Waals surface area contributed by atoms with Gasteiger partial charge < -0.3 is 9.76 Å². The maximum atomic E-state index is 12.6. The Morgan fingerprint density at radius 1 is 1.25 bits per heavy atom. The van der Waals surface area contributed by atoms with E-state index in [2.05, 4.69) is 4.98 Å². The van der Waals surface area contributed by atoms with Crippen molar-refractivity contribution >= 4 is 30.1 Å². The lowest BCUT2D eigenvalue weighted by atomic mass is 9.95. The standard InChI is InChI=1S/C18H18BN2O3/c1-18(2,3)24-17(22)21-15-8-4-7-13(12-6-5-9-20-11-12)14(15)10-16(21)19-23/h4-11,23H,1-3H3. The number of hydrogen-bond acceptors (Lipinski definition) is 4. The third-order valence-electron chi connectivity index (χ3n) is 3.56. The molecular weight excluding hydrogens is 303 g/mol. The summed E-state index contributed by atoms with van der Waals surface area (Å²) in [5.41, 5.74) is 2.29. The topological polar surface area (TPSA) is 64.3 Å². The first-order valence-electron chi connectivity index (χ1n) is 7.66. The molecule has 6 heteroatoms. The van der Waals surface area contributed by atoms with Crippen LogP contribution < -0.4 is 5.59 Å². The fraction of sp³-hybridized carbons (Fsp3) is 0.222. The summed E-state index contributed by atoms with van der Waals surface area (Å²) in [6.45, 7) is 5.42. The van der Waals surface area contributed by atoms with Gasteiger partial charge in [-0.1, -0.05) is 18.2 Å². The van der Waals surface area contributed by atoms with Crippen molar-refractivity contribution in [2.24, 2.45) is 0 Å². The second kappa shape index (κ2) is 6.13. The maximum Gasteiger partial charge on any atom is 0.418 e. The number of carbonyl (C=O) groups is 1. The molecule has 0 saturated heterocycles. The molecule has 0 amide bonds. The molecule has 0 atom stereocenters. The zero-order valence-electron chi connectivity index (χ0n) is 13.9. The van der Waals surface area contributed by atoms with Crippen molar-refractivity contribution in [3.05, 3.63) is 48.8 Å². The Bertz CT molecular complexity index is 882. The largest absolute Gasteiger partial charge is 0.449 e. The van der Waals surface area contributed by atoms with E-state index in [4.69, 9.17) is 4.74 Å². The molecule has 0 aliphatic rings. The molecule has 2 heterocycles. The van der Waals surface area contributed by atoms with Crippen LogP contribution >= 0.6 is 0 Å². The number of hydrogen-bond donors (Lipinski definition) is 1. The summed E-state index contributed by atoms with van der Waals surface area (Å²) < 4.78 is 6.83. The second-order valence-electron chi connectivity index (χ2n) is 6.49. The molecule has 0 bridgehead atoms. The summed E-state index contributed by atoms with van der Waals surface area (Å²) >= 11 is 0. The first kappa shape index (κ1) is 16.3. The third kappa shape index (κ3) is 3.05. The van der Waals surface area contributed by atoms with E-state index in [9.17, 15) is 9.82 Å². The highest BCUT2D eigenvalue weighted by Crippen LogP contribution is 2.28. The van der Waals surface area contributed by atoms with Gasteiger partial charge in [0, 0.05) is 28.9 Å². The molecule has 24 heavy (non-hydrogen) atoms. The normalized spacial score (nSPS) is 11.5. The lowest BCUT2D eigenvalue weighted by Crippen LogP contribution is -2.34. The van der Waals surface area contributed by atoms with Crippen molar-refractivity contribution in [2.75, 3.05) is 0 Å². The Labute approximate surface area is 141 Å². The van der Waals surface area contributed by atoms with Crippen molar-refractivity contribution < 1.29 is 14.6 Å². The van der Waals surface area contributed by atoms with Crippen LogP contribution in [-0.2, 0) is 4.74 Å². The SMILES string of the molecule is CC(C)(C)OC(=O)n1c([B]O)cc2c(-c3cccnc3)cccc21. The lowest BCUT2D eigenvalue weighted by molar-refractivity contribution is 0.0549. The number of nitrogens with zero attached hydrogens (tertiary/aromatic N) is 2. The summed E-state index contributed by atoms with van der Waals surface area (Å²) in [4.78, 5) is 16.7. The van der Waals surface area contributed by atoms with Gasteiger partial charge in [-0.2, -0.15) is 0 Å². The minimum atomic E-state index is -0.624. The van der Waals surface area contributed by atoms with Gasteiger partial charge in [-0.15, -0.1) is 0 Å².